The third-order valence-corrected chi connectivity index (χ3v) is 6.42. The first kappa shape index (κ1) is 20.7. The number of ether oxygens (including phenoxy) is 3. The molecule has 2 saturated heterocycles. The fraction of sp³-hybridized carbons (Fsp3) is 0.647. The second kappa shape index (κ2) is 8.08. The van der Waals surface area contributed by atoms with Gasteiger partial charge in [-0.3, -0.25) is 14.4 Å². The maximum absolute atomic E-state index is 12.1. The predicted octanol–water partition coefficient (Wildman–Crippen LogP) is 0.707. The van der Waals surface area contributed by atoms with Gasteiger partial charge in [0.05, 0.1) is 12.4 Å². The molecule has 1 unspecified atom stereocenters. The summed E-state index contributed by atoms with van der Waals surface area (Å²) in [6, 6.07) is -0.132. The van der Waals surface area contributed by atoms with Gasteiger partial charge in [-0.05, 0) is 25.7 Å². The lowest BCUT2D eigenvalue weighted by Gasteiger charge is -2.18. The van der Waals surface area contributed by atoms with Gasteiger partial charge in [0.15, 0.2) is 23.2 Å². The lowest BCUT2D eigenvalue weighted by atomic mass is 10.1. The molecular weight excluding hydrogens is 431 g/mol. The minimum atomic E-state index is -4.07. The number of nitrogens with one attached hydrogen (secondary N) is 2. The number of nitrogens with zero attached hydrogens (tertiary/aromatic N) is 4. The number of carbonyl (C=O) groups is 1. The lowest BCUT2D eigenvalue weighted by Crippen LogP contribution is -2.30. The highest BCUT2D eigenvalue weighted by molar-refractivity contribution is 7.51. The molecule has 3 aliphatic rings. The molecule has 4 heterocycles. The fourth-order valence-corrected chi connectivity index (χ4v) is 4.52. The molecule has 1 aliphatic carbocycles. The van der Waals surface area contributed by atoms with Gasteiger partial charge >= 0.3 is 13.6 Å². The van der Waals surface area contributed by atoms with Crippen molar-refractivity contribution in [3.63, 3.8) is 0 Å². The van der Waals surface area contributed by atoms with Gasteiger partial charge in [-0.15, -0.1) is 0 Å². The standard InChI is InChI=1S/C17H23N6O7P/c24-17(21-9-3-4-9)22-14-11-15(19-6-18-14)23(7-20-11)16-13-12(28-8-29-13)10(30-16)2-1-5-31(25,26)27/h6-7,9-10,12-13,16H,1-5,8H2,(H2,25,26,27)(H2,18,19,21,22,24)/t10-,12+,13?,16-/m1/s1. The van der Waals surface area contributed by atoms with Crippen molar-refractivity contribution in [2.75, 3.05) is 18.3 Å². The summed E-state index contributed by atoms with van der Waals surface area (Å²) in [6.07, 6.45) is 3.59. The molecule has 0 radical (unpaired) electrons. The predicted molar refractivity (Wildman–Crippen MR) is 105 cm³/mol. The molecule has 14 heteroatoms. The SMILES string of the molecule is O=C(Nc1ncnc2c1ncn2[C@@H]1O[C@H](CCCP(=O)(O)O)[C@@H]2OCOC21)NC1CC1. The zero-order valence-electron chi connectivity index (χ0n) is 16.5. The monoisotopic (exact) mass is 454 g/mol. The van der Waals surface area contributed by atoms with Crippen LogP contribution in [0.3, 0.4) is 0 Å². The Morgan fingerprint density at radius 2 is 2.03 bits per heavy atom. The third kappa shape index (κ3) is 4.43. The minimum Gasteiger partial charge on any atom is -0.349 e. The van der Waals surface area contributed by atoms with Gasteiger partial charge in [-0.25, -0.2) is 19.7 Å². The maximum Gasteiger partial charge on any atom is 0.325 e. The second-order valence-electron chi connectivity index (χ2n) is 7.90. The summed E-state index contributed by atoms with van der Waals surface area (Å²) in [6.45, 7) is 0.111. The molecule has 4 N–H and O–H groups in total. The number of anilines is 1. The van der Waals surface area contributed by atoms with E-state index in [1.54, 1.807) is 10.9 Å². The number of rotatable bonds is 7. The van der Waals surface area contributed by atoms with E-state index in [2.05, 4.69) is 25.6 Å². The number of amides is 2. The number of fused-ring (bicyclic) bond motifs is 2. The summed E-state index contributed by atoms with van der Waals surface area (Å²) in [4.78, 5) is 43.1. The van der Waals surface area contributed by atoms with E-state index in [1.807, 2.05) is 0 Å². The van der Waals surface area contributed by atoms with Crippen molar-refractivity contribution in [1.82, 2.24) is 24.8 Å². The highest BCUT2D eigenvalue weighted by Crippen LogP contribution is 2.41. The molecular formula is C17H23N6O7P. The highest BCUT2D eigenvalue weighted by atomic mass is 31.2. The van der Waals surface area contributed by atoms with Crippen molar-refractivity contribution >= 4 is 30.6 Å². The van der Waals surface area contributed by atoms with E-state index in [9.17, 15) is 9.36 Å². The normalized spacial score (nSPS) is 28.1. The lowest BCUT2D eigenvalue weighted by molar-refractivity contribution is -0.0987. The number of carbonyl (C=O) groups excluding carboxylic acids is 1. The van der Waals surface area contributed by atoms with Crippen LogP contribution < -0.4 is 10.6 Å². The van der Waals surface area contributed by atoms with Crippen LogP contribution in [0.1, 0.15) is 31.9 Å². The van der Waals surface area contributed by atoms with Crippen LogP contribution in [-0.2, 0) is 18.8 Å². The van der Waals surface area contributed by atoms with Crippen LogP contribution in [0, 0.1) is 0 Å². The number of hydrogen-bond donors (Lipinski definition) is 4. The first-order valence-corrected chi connectivity index (χ1v) is 11.9. The van der Waals surface area contributed by atoms with E-state index >= 15 is 0 Å². The van der Waals surface area contributed by atoms with E-state index in [-0.39, 0.29) is 37.2 Å². The number of imidazole rings is 1. The van der Waals surface area contributed by atoms with Crippen molar-refractivity contribution in [3.8, 4) is 0 Å². The van der Waals surface area contributed by atoms with E-state index < -0.39 is 19.9 Å². The first-order valence-electron chi connectivity index (χ1n) is 10.1. The molecule has 4 atom stereocenters. The van der Waals surface area contributed by atoms with Gasteiger partial charge in [-0.1, -0.05) is 0 Å². The molecule has 0 aromatic carbocycles. The van der Waals surface area contributed by atoms with Gasteiger partial charge in [0.1, 0.15) is 25.3 Å². The van der Waals surface area contributed by atoms with Gasteiger partial charge < -0.3 is 29.3 Å². The molecule has 0 spiro atoms. The van der Waals surface area contributed by atoms with E-state index in [0.717, 1.165) is 12.8 Å². The smallest absolute Gasteiger partial charge is 0.325 e. The third-order valence-electron chi connectivity index (χ3n) is 5.52. The topological polar surface area (TPSA) is 170 Å². The summed E-state index contributed by atoms with van der Waals surface area (Å²) in [5.41, 5.74) is 0.879. The molecule has 2 aromatic rings. The molecule has 2 aromatic heterocycles. The molecule has 3 fully saturated rings. The van der Waals surface area contributed by atoms with Crippen LogP contribution >= 0.6 is 7.60 Å². The van der Waals surface area contributed by atoms with Crippen molar-refractivity contribution in [3.05, 3.63) is 12.7 Å². The zero-order chi connectivity index (χ0) is 21.6. The van der Waals surface area contributed by atoms with Crippen LogP contribution in [0.15, 0.2) is 12.7 Å². The van der Waals surface area contributed by atoms with E-state index in [1.165, 1.54) is 6.33 Å². The Hall–Kier alpha value is -2.15. The summed E-state index contributed by atoms with van der Waals surface area (Å²) in [5, 5.41) is 5.54. The molecule has 2 amide bonds. The Kier molecular flexibility index (Phi) is 5.40. The average Bonchev–Trinajstić information content (AvgIpc) is 3.12. The zero-order valence-corrected chi connectivity index (χ0v) is 17.4. The Balaban J connectivity index is 1.34. The van der Waals surface area contributed by atoms with Gasteiger partial charge in [0, 0.05) is 12.2 Å². The molecule has 168 valence electrons. The van der Waals surface area contributed by atoms with Crippen LogP contribution in [0.25, 0.3) is 11.2 Å². The van der Waals surface area contributed by atoms with Crippen LogP contribution in [0.5, 0.6) is 0 Å². The molecule has 1 saturated carbocycles. The Morgan fingerprint density at radius 1 is 1.23 bits per heavy atom. The molecule has 13 nitrogen and oxygen atoms in total. The first-order chi connectivity index (χ1) is 14.9. The van der Waals surface area contributed by atoms with Crippen molar-refractivity contribution in [2.45, 2.75) is 56.3 Å². The fourth-order valence-electron chi connectivity index (χ4n) is 3.92. The average molecular weight is 454 g/mol. The van der Waals surface area contributed by atoms with Crippen LogP contribution in [0.2, 0.25) is 0 Å². The van der Waals surface area contributed by atoms with Crippen LogP contribution in [0.4, 0.5) is 10.6 Å². The highest BCUT2D eigenvalue weighted by Gasteiger charge is 2.50. The number of urea groups is 1. The summed E-state index contributed by atoms with van der Waals surface area (Å²) in [5.74, 6) is 0.290. The van der Waals surface area contributed by atoms with Gasteiger partial charge in [-0.2, -0.15) is 0 Å². The molecule has 0 bridgehead atoms. The summed E-state index contributed by atoms with van der Waals surface area (Å²) < 4.78 is 30.4. The van der Waals surface area contributed by atoms with Crippen LogP contribution in [-0.4, -0.2) is 72.6 Å². The summed E-state index contributed by atoms with van der Waals surface area (Å²) in [7, 11) is -4.07. The number of hydrogen-bond acceptors (Lipinski definition) is 8. The Labute approximate surface area is 176 Å². The van der Waals surface area contributed by atoms with E-state index in [4.69, 9.17) is 24.0 Å². The van der Waals surface area contributed by atoms with Gasteiger partial charge in [0.25, 0.3) is 0 Å². The van der Waals surface area contributed by atoms with Crippen molar-refractivity contribution in [2.24, 2.45) is 0 Å². The Morgan fingerprint density at radius 3 is 2.81 bits per heavy atom. The maximum atomic E-state index is 12.1. The van der Waals surface area contributed by atoms with Crippen molar-refractivity contribution in [1.29, 1.82) is 0 Å². The van der Waals surface area contributed by atoms with Crippen molar-refractivity contribution < 1.29 is 33.4 Å². The molecule has 5 rings (SSSR count). The molecule has 2 aliphatic heterocycles. The summed E-state index contributed by atoms with van der Waals surface area (Å²) >= 11 is 0. The quantitative estimate of drug-likeness (QED) is 0.437. The second-order valence-corrected chi connectivity index (χ2v) is 9.67. The Bertz CT molecular complexity index is 1020. The molecule has 31 heavy (non-hydrogen) atoms. The number of aromatic nitrogens is 4. The minimum absolute atomic E-state index is 0.111. The largest absolute Gasteiger partial charge is 0.349 e. The van der Waals surface area contributed by atoms with E-state index in [0.29, 0.717) is 29.8 Å². The van der Waals surface area contributed by atoms with Gasteiger partial charge in [0.2, 0.25) is 0 Å².